The second kappa shape index (κ2) is 5.36. The van der Waals surface area contributed by atoms with Crippen molar-refractivity contribution in [1.82, 2.24) is 9.97 Å². The van der Waals surface area contributed by atoms with E-state index in [1.807, 2.05) is 34.7 Å². The smallest absolute Gasteiger partial charge is 0.194 e. The summed E-state index contributed by atoms with van der Waals surface area (Å²) in [4.78, 5) is 8.16. The maximum atomic E-state index is 9.04. The Morgan fingerprint density at radius 1 is 1.53 bits per heavy atom. The molecule has 0 aliphatic heterocycles. The molecule has 1 aromatic rings. The summed E-state index contributed by atoms with van der Waals surface area (Å²) in [5.74, 6) is 0.743. The van der Waals surface area contributed by atoms with Crippen molar-refractivity contribution in [3.8, 4) is 0 Å². The van der Waals surface area contributed by atoms with Crippen molar-refractivity contribution in [3.05, 3.63) is 21.1 Å². The monoisotopic (exact) mass is 366 g/mol. The van der Waals surface area contributed by atoms with Gasteiger partial charge in [-0.3, -0.25) is 0 Å². The number of hydrogen-bond donors (Lipinski definition) is 3. The molecule has 0 spiro atoms. The molecule has 7 heteroatoms. The molecule has 1 heterocycles. The van der Waals surface area contributed by atoms with Gasteiger partial charge in [-0.25, -0.2) is 9.97 Å². The molecule has 0 bridgehead atoms. The SMILES string of the molecule is Nc1c(Cl)nc(I)nc1N[C@H]1C=C[C@@H](CO)C1. The van der Waals surface area contributed by atoms with E-state index in [-0.39, 0.29) is 23.7 Å². The molecule has 0 unspecified atom stereocenters. The molecular weight excluding hydrogens is 354 g/mol. The van der Waals surface area contributed by atoms with Crippen molar-refractivity contribution in [2.75, 3.05) is 17.7 Å². The molecular formula is C10H12ClIN4O. The Balaban J connectivity index is 2.12. The minimum Gasteiger partial charge on any atom is -0.396 e. The lowest BCUT2D eigenvalue weighted by atomic mass is 10.1. The van der Waals surface area contributed by atoms with Gasteiger partial charge in [-0.2, -0.15) is 0 Å². The van der Waals surface area contributed by atoms with Crippen LogP contribution in [-0.4, -0.2) is 27.7 Å². The summed E-state index contributed by atoms with van der Waals surface area (Å²) in [5, 5.41) is 12.5. The van der Waals surface area contributed by atoms with Crippen LogP contribution < -0.4 is 11.1 Å². The van der Waals surface area contributed by atoms with Crippen LogP contribution in [0.15, 0.2) is 12.2 Å². The summed E-state index contributed by atoms with van der Waals surface area (Å²) in [6.07, 6.45) is 4.82. The van der Waals surface area contributed by atoms with E-state index in [0.29, 0.717) is 15.3 Å². The first-order valence-corrected chi connectivity index (χ1v) is 6.60. The van der Waals surface area contributed by atoms with Gasteiger partial charge in [0.05, 0.1) is 0 Å². The molecule has 1 aliphatic carbocycles. The Bertz CT molecular complexity index is 454. The second-order valence-corrected chi connectivity index (χ2v) is 5.18. The molecule has 0 fully saturated rings. The van der Waals surface area contributed by atoms with Crippen LogP contribution in [0.4, 0.5) is 11.5 Å². The standard InChI is InChI=1S/C10H12ClIN4O/c11-8-7(13)9(16-10(12)15-8)14-6-2-1-5(3-6)4-17/h1-2,5-6,17H,3-4,13H2,(H,14,15,16)/t5-,6+/m1/s1. The first kappa shape index (κ1) is 12.8. The van der Waals surface area contributed by atoms with Gasteiger partial charge in [0.1, 0.15) is 5.69 Å². The largest absolute Gasteiger partial charge is 0.396 e. The summed E-state index contributed by atoms with van der Waals surface area (Å²) in [6, 6.07) is 0.121. The Hall–Kier alpha value is -0.600. The third kappa shape index (κ3) is 2.99. The van der Waals surface area contributed by atoms with Crippen molar-refractivity contribution < 1.29 is 5.11 Å². The summed E-state index contributed by atoms with van der Waals surface area (Å²) >= 11 is 7.87. The summed E-state index contributed by atoms with van der Waals surface area (Å²) < 4.78 is 0.546. The van der Waals surface area contributed by atoms with E-state index in [4.69, 9.17) is 22.4 Å². The Morgan fingerprint density at radius 2 is 2.29 bits per heavy atom. The van der Waals surface area contributed by atoms with Crippen LogP contribution in [0.1, 0.15) is 6.42 Å². The predicted octanol–water partition coefficient (Wildman–Crippen LogP) is 1.67. The minimum atomic E-state index is 0.121. The zero-order valence-electron chi connectivity index (χ0n) is 8.90. The highest BCUT2D eigenvalue weighted by Gasteiger charge is 2.20. The quantitative estimate of drug-likeness (QED) is 0.328. The van der Waals surface area contributed by atoms with Gasteiger partial charge in [0.15, 0.2) is 14.8 Å². The number of rotatable bonds is 3. The summed E-state index contributed by atoms with van der Waals surface area (Å²) in [6.45, 7) is 0.159. The molecule has 4 N–H and O–H groups in total. The van der Waals surface area contributed by atoms with Crippen LogP contribution >= 0.6 is 34.2 Å². The van der Waals surface area contributed by atoms with Gasteiger partial charge < -0.3 is 16.2 Å². The van der Waals surface area contributed by atoms with Gasteiger partial charge >= 0.3 is 0 Å². The van der Waals surface area contributed by atoms with Crippen molar-refractivity contribution in [2.24, 2.45) is 5.92 Å². The fourth-order valence-corrected chi connectivity index (χ4v) is 2.51. The van der Waals surface area contributed by atoms with Crippen LogP contribution in [0, 0.1) is 9.75 Å². The molecule has 0 saturated heterocycles. The van der Waals surface area contributed by atoms with E-state index in [1.165, 1.54) is 0 Å². The number of nitrogens with two attached hydrogens (primary N) is 1. The molecule has 2 atom stereocenters. The van der Waals surface area contributed by atoms with Crippen molar-refractivity contribution in [1.29, 1.82) is 0 Å². The van der Waals surface area contributed by atoms with Gasteiger partial charge in [-0.1, -0.05) is 23.8 Å². The highest BCUT2D eigenvalue weighted by Crippen LogP contribution is 2.27. The molecule has 92 valence electrons. The van der Waals surface area contributed by atoms with Crippen molar-refractivity contribution in [2.45, 2.75) is 12.5 Å². The number of anilines is 2. The lowest BCUT2D eigenvalue weighted by Crippen LogP contribution is -2.19. The average molecular weight is 367 g/mol. The minimum absolute atomic E-state index is 0.121. The van der Waals surface area contributed by atoms with E-state index >= 15 is 0 Å². The van der Waals surface area contributed by atoms with E-state index < -0.39 is 0 Å². The van der Waals surface area contributed by atoms with Gasteiger partial charge in [0.25, 0.3) is 0 Å². The number of nitrogens with one attached hydrogen (secondary N) is 1. The third-order valence-corrected chi connectivity index (χ3v) is 3.37. The summed E-state index contributed by atoms with van der Waals surface area (Å²) in [7, 11) is 0. The molecule has 2 rings (SSSR count). The van der Waals surface area contributed by atoms with Crippen LogP contribution in [0.3, 0.4) is 0 Å². The predicted molar refractivity (Wildman–Crippen MR) is 75.9 cm³/mol. The summed E-state index contributed by atoms with van der Waals surface area (Å²) in [5.41, 5.74) is 6.16. The molecule has 17 heavy (non-hydrogen) atoms. The number of aromatic nitrogens is 2. The van der Waals surface area contributed by atoms with Crippen LogP contribution in [0.5, 0.6) is 0 Å². The van der Waals surface area contributed by atoms with E-state index in [1.54, 1.807) is 0 Å². The van der Waals surface area contributed by atoms with Crippen LogP contribution in [0.2, 0.25) is 5.15 Å². The fourth-order valence-electron chi connectivity index (χ4n) is 1.72. The van der Waals surface area contributed by atoms with Crippen molar-refractivity contribution >= 4 is 45.7 Å². The van der Waals surface area contributed by atoms with E-state index in [0.717, 1.165) is 6.42 Å². The average Bonchev–Trinajstić information content (AvgIpc) is 2.73. The lowest BCUT2D eigenvalue weighted by molar-refractivity contribution is 0.250. The first-order valence-electron chi connectivity index (χ1n) is 5.14. The maximum Gasteiger partial charge on any atom is 0.194 e. The van der Waals surface area contributed by atoms with Crippen molar-refractivity contribution in [3.63, 3.8) is 0 Å². The van der Waals surface area contributed by atoms with E-state index in [2.05, 4.69) is 15.3 Å². The number of aliphatic hydroxyl groups is 1. The lowest BCUT2D eigenvalue weighted by Gasteiger charge is -2.15. The molecule has 0 aromatic carbocycles. The molecule has 0 amide bonds. The van der Waals surface area contributed by atoms with Gasteiger partial charge in [0, 0.05) is 41.2 Å². The second-order valence-electron chi connectivity index (χ2n) is 3.86. The van der Waals surface area contributed by atoms with Gasteiger partial charge in [0.2, 0.25) is 0 Å². The highest BCUT2D eigenvalue weighted by molar-refractivity contribution is 14.1. The maximum absolute atomic E-state index is 9.04. The molecule has 1 aliphatic rings. The normalized spacial score (nSPS) is 23.0. The van der Waals surface area contributed by atoms with Gasteiger partial charge in [-0.15, -0.1) is 0 Å². The van der Waals surface area contributed by atoms with Crippen LogP contribution in [-0.2, 0) is 0 Å². The van der Waals surface area contributed by atoms with E-state index in [9.17, 15) is 0 Å². The Kier molecular flexibility index (Phi) is 4.05. The number of halogens is 2. The molecule has 5 nitrogen and oxygen atoms in total. The highest BCUT2D eigenvalue weighted by atomic mass is 127. The zero-order valence-corrected chi connectivity index (χ0v) is 11.8. The number of nitrogens with zero attached hydrogens (tertiary/aromatic N) is 2. The first-order chi connectivity index (χ1) is 8.10. The zero-order chi connectivity index (χ0) is 12.4. The Morgan fingerprint density at radius 3 is 2.94 bits per heavy atom. The number of hydrogen-bond acceptors (Lipinski definition) is 5. The number of aliphatic hydroxyl groups excluding tert-OH is 1. The molecule has 1 aromatic heterocycles. The number of nitrogen functional groups attached to an aromatic ring is 1. The Labute approximate surface area is 118 Å². The topological polar surface area (TPSA) is 84.1 Å². The fraction of sp³-hybridized carbons (Fsp3) is 0.400. The van der Waals surface area contributed by atoms with Crippen LogP contribution in [0.25, 0.3) is 0 Å². The van der Waals surface area contributed by atoms with Gasteiger partial charge in [-0.05, 0) is 6.42 Å². The molecule has 0 saturated carbocycles. The third-order valence-electron chi connectivity index (χ3n) is 2.60. The molecule has 0 radical (unpaired) electrons.